The molecule has 0 radical (unpaired) electrons. The van der Waals surface area contributed by atoms with E-state index in [4.69, 9.17) is 9.47 Å². The van der Waals surface area contributed by atoms with E-state index in [0.717, 1.165) is 24.6 Å². The summed E-state index contributed by atoms with van der Waals surface area (Å²) in [5.41, 5.74) is 4.02. The van der Waals surface area contributed by atoms with Gasteiger partial charge in [0.05, 0.1) is 0 Å². The maximum Gasteiger partial charge on any atom is 0.231 e. The molecule has 1 atom stereocenters. The van der Waals surface area contributed by atoms with Crippen LogP contribution in [0.4, 0.5) is 0 Å². The van der Waals surface area contributed by atoms with Gasteiger partial charge in [0.2, 0.25) is 6.79 Å². The van der Waals surface area contributed by atoms with E-state index in [9.17, 15) is 0 Å². The first-order chi connectivity index (χ1) is 7.77. The Labute approximate surface area is 95.8 Å². The van der Waals surface area contributed by atoms with Crippen molar-refractivity contribution in [3.63, 3.8) is 0 Å². The lowest BCUT2D eigenvalue weighted by atomic mass is 9.90. The second kappa shape index (κ2) is 3.67. The van der Waals surface area contributed by atoms with Crippen LogP contribution in [0.25, 0.3) is 0 Å². The van der Waals surface area contributed by atoms with Crippen LogP contribution in [-0.2, 0) is 0 Å². The van der Waals surface area contributed by atoms with Crippen molar-refractivity contribution in [2.45, 2.75) is 26.2 Å². The molecule has 0 saturated carbocycles. The van der Waals surface area contributed by atoms with Gasteiger partial charge in [0, 0.05) is 18.0 Å². The van der Waals surface area contributed by atoms with Crippen LogP contribution in [0.3, 0.4) is 0 Å². The van der Waals surface area contributed by atoms with Gasteiger partial charge < -0.3 is 14.8 Å². The van der Waals surface area contributed by atoms with Crippen LogP contribution in [0, 0.1) is 13.8 Å². The minimum atomic E-state index is 0.366. The molecule has 3 rings (SSSR count). The number of rotatable bonds is 1. The molecule has 3 heteroatoms. The fraction of sp³-hybridized carbons (Fsp3) is 0.538. The molecule has 2 heterocycles. The fourth-order valence-electron chi connectivity index (χ4n) is 2.69. The first kappa shape index (κ1) is 9.97. The van der Waals surface area contributed by atoms with E-state index in [1.54, 1.807) is 0 Å². The Kier molecular flexibility index (Phi) is 2.28. The zero-order valence-corrected chi connectivity index (χ0v) is 9.80. The van der Waals surface area contributed by atoms with Gasteiger partial charge >= 0.3 is 0 Å². The molecule has 16 heavy (non-hydrogen) atoms. The molecule has 1 aromatic rings. The molecule has 86 valence electrons. The van der Waals surface area contributed by atoms with E-state index < -0.39 is 0 Å². The van der Waals surface area contributed by atoms with Gasteiger partial charge in [-0.1, -0.05) is 0 Å². The van der Waals surface area contributed by atoms with Crippen molar-refractivity contribution in [1.82, 2.24) is 5.32 Å². The molecular weight excluding hydrogens is 202 g/mol. The molecule has 3 nitrogen and oxygen atoms in total. The Balaban J connectivity index is 2.14. The van der Waals surface area contributed by atoms with Gasteiger partial charge in [-0.15, -0.1) is 0 Å². The van der Waals surface area contributed by atoms with Gasteiger partial charge in [-0.05, 0) is 44.0 Å². The molecule has 1 unspecified atom stereocenters. The van der Waals surface area contributed by atoms with E-state index in [0.29, 0.717) is 12.7 Å². The monoisotopic (exact) mass is 219 g/mol. The molecule has 0 amide bonds. The Bertz CT molecular complexity index is 422. The normalized spacial score (nSPS) is 22.8. The molecule has 0 spiro atoms. The number of ether oxygens (including phenoxy) is 2. The number of hydrogen-bond donors (Lipinski definition) is 1. The molecule has 0 aromatic heterocycles. The zero-order chi connectivity index (χ0) is 11.1. The van der Waals surface area contributed by atoms with Crippen molar-refractivity contribution >= 4 is 0 Å². The third-order valence-corrected chi connectivity index (χ3v) is 3.70. The van der Waals surface area contributed by atoms with Gasteiger partial charge in [-0.25, -0.2) is 0 Å². The minimum Gasteiger partial charge on any atom is -0.454 e. The van der Waals surface area contributed by atoms with Crippen LogP contribution < -0.4 is 14.8 Å². The van der Waals surface area contributed by atoms with Crippen LogP contribution >= 0.6 is 0 Å². The zero-order valence-electron chi connectivity index (χ0n) is 9.80. The summed E-state index contributed by atoms with van der Waals surface area (Å²) in [6.07, 6.45) is 1.19. The lowest BCUT2D eigenvalue weighted by molar-refractivity contribution is 0.173. The molecule has 2 aliphatic heterocycles. The Morgan fingerprint density at radius 3 is 2.94 bits per heavy atom. The highest BCUT2D eigenvalue weighted by atomic mass is 16.7. The van der Waals surface area contributed by atoms with Gasteiger partial charge in [0.15, 0.2) is 11.5 Å². The highest BCUT2D eigenvalue weighted by molar-refractivity contribution is 5.56. The molecule has 0 aliphatic carbocycles. The summed E-state index contributed by atoms with van der Waals surface area (Å²) >= 11 is 0. The third kappa shape index (κ3) is 1.39. The van der Waals surface area contributed by atoms with E-state index in [2.05, 4.69) is 25.2 Å². The van der Waals surface area contributed by atoms with Crippen LogP contribution in [-0.4, -0.2) is 19.9 Å². The first-order valence-electron chi connectivity index (χ1n) is 5.88. The highest BCUT2D eigenvalue weighted by Gasteiger charge is 2.28. The summed E-state index contributed by atoms with van der Waals surface area (Å²) in [7, 11) is 0. The van der Waals surface area contributed by atoms with Crippen LogP contribution in [0.2, 0.25) is 0 Å². The third-order valence-electron chi connectivity index (χ3n) is 3.70. The molecule has 1 aromatic carbocycles. The van der Waals surface area contributed by atoms with E-state index in [-0.39, 0.29) is 0 Å². The summed E-state index contributed by atoms with van der Waals surface area (Å²) in [6, 6.07) is 2.09. The SMILES string of the molecule is Cc1cc2c(c(C3CCNC3)c1C)OCO2. The summed E-state index contributed by atoms with van der Waals surface area (Å²) in [5, 5.41) is 3.41. The quantitative estimate of drug-likeness (QED) is 0.784. The van der Waals surface area contributed by atoms with Crippen molar-refractivity contribution in [1.29, 1.82) is 0 Å². The van der Waals surface area contributed by atoms with Crippen LogP contribution in [0.5, 0.6) is 11.5 Å². The van der Waals surface area contributed by atoms with Crippen molar-refractivity contribution in [3.05, 3.63) is 22.8 Å². The van der Waals surface area contributed by atoms with Crippen molar-refractivity contribution < 1.29 is 9.47 Å². The van der Waals surface area contributed by atoms with Crippen LogP contribution in [0.1, 0.15) is 29.0 Å². The van der Waals surface area contributed by atoms with Crippen molar-refractivity contribution in [2.75, 3.05) is 19.9 Å². The summed E-state index contributed by atoms with van der Waals surface area (Å²) < 4.78 is 11.1. The summed E-state index contributed by atoms with van der Waals surface area (Å²) in [5.74, 6) is 2.48. The van der Waals surface area contributed by atoms with E-state index in [1.807, 2.05) is 0 Å². The Morgan fingerprint density at radius 1 is 1.31 bits per heavy atom. The molecular formula is C13H17NO2. The molecule has 0 bridgehead atoms. The average molecular weight is 219 g/mol. The Hall–Kier alpha value is -1.22. The number of benzene rings is 1. The Morgan fingerprint density at radius 2 is 2.19 bits per heavy atom. The standard InChI is InChI=1S/C13H17NO2/c1-8-5-11-13(16-7-15-11)12(9(8)2)10-3-4-14-6-10/h5,10,14H,3-4,6-7H2,1-2H3. The second-order valence-electron chi connectivity index (χ2n) is 4.66. The first-order valence-corrected chi connectivity index (χ1v) is 5.88. The smallest absolute Gasteiger partial charge is 0.231 e. The maximum atomic E-state index is 5.63. The lowest BCUT2D eigenvalue weighted by Gasteiger charge is -2.17. The predicted octanol–water partition coefficient (Wildman–Crippen LogP) is 2.11. The molecule has 1 fully saturated rings. The summed E-state index contributed by atoms with van der Waals surface area (Å²) in [4.78, 5) is 0. The van der Waals surface area contributed by atoms with Crippen molar-refractivity contribution in [2.24, 2.45) is 0 Å². The van der Waals surface area contributed by atoms with E-state index in [1.165, 1.54) is 23.1 Å². The number of nitrogens with one attached hydrogen (secondary N) is 1. The minimum absolute atomic E-state index is 0.366. The topological polar surface area (TPSA) is 30.5 Å². The predicted molar refractivity (Wildman–Crippen MR) is 62.3 cm³/mol. The fourth-order valence-corrected chi connectivity index (χ4v) is 2.69. The van der Waals surface area contributed by atoms with Gasteiger partial charge in [-0.2, -0.15) is 0 Å². The largest absolute Gasteiger partial charge is 0.454 e. The van der Waals surface area contributed by atoms with Crippen LogP contribution in [0.15, 0.2) is 6.07 Å². The van der Waals surface area contributed by atoms with Gasteiger partial charge in [0.1, 0.15) is 0 Å². The molecule has 2 aliphatic rings. The number of fused-ring (bicyclic) bond motifs is 1. The summed E-state index contributed by atoms with van der Waals surface area (Å²) in [6.45, 7) is 6.85. The van der Waals surface area contributed by atoms with E-state index >= 15 is 0 Å². The van der Waals surface area contributed by atoms with Gasteiger partial charge in [0.25, 0.3) is 0 Å². The molecule has 1 N–H and O–H groups in total. The number of hydrogen-bond acceptors (Lipinski definition) is 3. The highest BCUT2D eigenvalue weighted by Crippen LogP contribution is 2.44. The maximum absolute atomic E-state index is 5.63. The number of aryl methyl sites for hydroxylation is 1. The van der Waals surface area contributed by atoms with Gasteiger partial charge in [-0.3, -0.25) is 0 Å². The lowest BCUT2D eigenvalue weighted by Crippen LogP contribution is -2.10. The average Bonchev–Trinajstić information content (AvgIpc) is 2.89. The second-order valence-corrected chi connectivity index (χ2v) is 4.66. The molecule has 1 saturated heterocycles. The van der Waals surface area contributed by atoms with Crippen molar-refractivity contribution in [3.8, 4) is 11.5 Å².